The number of ether oxygens (including phenoxy) is 2. The normalized spacial score (nSPS) is 34.8. The molecule has 2 fully saturated rings. The molecule has 2 aromatic carbocycles. The molecule has 7 atom stereocenters. The third-order valence-corrected chi connectivity index (χ3v) is 14.8. The largest absolute Gasteiger partial charge is 0.490 e. The lowest BCUT2D eigenvalue weighted by atomic mass is 9.62. The fourth-order valence-electron chi connectivity index (χ4n) is 9.38. The first-order valence-corrected chi connectivity index (χ1v) is 20.4. The van der Waals surface area contributed by atoms with Crippen LogP contribution in [0.4, 0.5) is 5.69 Å². The van der Waals surface area contributed by atoms with Crippen molar-refractivity contribution in [3.8, 4) is 5.75 Å². The number of aliphatic hydroxyl groups is 2. The van der Waals surface area contributed by atoms with Crippen molar-refractivity contribution < 1.29 is 32.9 Å². The lowest BCUT2D eigenvalue weighted by molar-refractivity contribution is -0.129. The summed E-state index contributed by atoms with van der Waals surface area (Å²) in [5, 5.41) is 22.8. The van der Waals surface area contributed by atoms with Crippen LogP contribution in [0.1, 0.15) is 80.3 Å². The molecule has 1 saturated carbocycles. The summed E-state index contributed by atoms with van der Waals surface area (Å²) in [7, 11) is -3.97. The second kappa shape index (κ2) is 14.2. The Morgan fingerprint density at radius 3 is 2.70 bits per heavy atom. The van der Waals surface area contributed by atoms with Gasteiger partial charge in [0.1, 0.15) is 5.75 Å². The van der Waals surface area contributed by atoms with Gasteiger partial charge < -0.3 is 24.6 Å². The van der Waals surface area contributed by atoms with Crippen LogP contribution in [0.25, 0.3) is 0 Å². The van der Waals surface area contributed by atoms with E-state index in [1.54, 1.807) is 25.1 Å². The average Bonchev–Trinajstić information content (AvgIpc) is 3.22. The van der Waals surface area contributed by atoms with E-state index in [0.29, 0.717) is 71.0 Å². The molecule has 0 aromatic heterocycles. The van der Waals surface area contributed by atoms with Crippen molar-refractivity contribution >= 4 is 33.2 Å². The van der Waals surface area contributed by atoms with E-state index in [9.17, 15) is 23.4 Å². The number of aryl methyl sites for hydroxylation is 1. The van der Waals surface area contributed by atoms with Crippen LogP contribution < -0.4 is 14.4 Å². The van der Waals surface area contributed by atoms with Crippen LogP contribution >= 0.6 is 11.6 Å². The number of amides is 1. The van der Waals surface area contributed by atoms with E-state index in [2.05, 4.69) is 26.7 Å². The Kier molecular flexibility index (Phi) is 10.2. The number of nitrogens with one attached hydrogen (secondary N) is 1. The molecule has 1 saturated heterocycles. The molecule has 3 heterocycles. The molecule has 0 unspecified atom stereocenters. The van der Waals surface area contributed by atoms with Gasteiger partial charge in [-0.05, 0) is 111 Å². The predicted molar refractivity (Wildman–Crippen MR) is 194 cm³/mol. The van der Waals surface area contributed by atoms with Gasteiger partial charge >= 0.3 is 0 Å². The SMILES string of the molecule is C[C@@H]1[C@@H](C)CCC[C@](O)(CN2CCOC[C@H]2CO)[C@@H]2CC[C@H]2CN2C[C@@]3(CCCc4cc(Cl)ccc43)COc3ccc(cc32)C(=O)NS1(=O)=O. The van der Waals surface area contributed by atoms with Crippen molar-refractivity contribution in [2.75, 3.05) is 57.5 Å². The predicted octanol–water partition coefficient (Wildman–Crippen LogP) is 4.53. The Bertz CT molecular complexity index is 1690. The second-order valence-corrected chi connectivity index (χ2v) is 18.2. The molecule has 10 nitrogen and oxygen atoms in total. The summed E-state index contributed by atoms with van der Waals surface area (Å²) >= 11 is 6.46. The first-order chi connectivity index (χ1) is 23.9. The molecular formula is C38H52ClN3O7S. The van der Waals surface area contributed by atoms with Crippen LogP contribution in [-0.4, -0.2) is 98.9 Å². The molecule has 50 heavy (non-hydrogen) atoms. The molecule has 1 spiro atoms. The van der Waals surface area contributed by atoms with Crippen LogP contribution in [0.15, 0.2) is 36.4 Å². The number of nitrogens with zero attached hydrogens (tertiary/aromatic N) is 2. The zero-order chi connectivity index (χ0) is 35.3. The fourth-order valence-corrected chi connectivity index (χ4v) is 10.9. The highest BCUT2D eigenvalue weighted by molar-refractivity contribution is 7.90. The van der Waals surface area contributed by atoms with Crippen LogP contribution in [0, 0.1) is 17.8 Å². The number of fused-ring (bicyclic) bond motifs is 4. The van der Waals surface area contributed by atoms with Gasteiger partial charge in [0, 0.05) is 42.2 Å². The number of halogens is 1. The lowest BCUT2D eigenvalue weighted by Crippen LogP contribution is -2.60. The molecule has 2 aromatic rings. The minimum Gasteiger partial charge on any atom is -0.490 e. The molecule has 5 aliphatic rings. The van der Waals surface area contributed by atoms with E-state index >= 15 is 0 Å². The van der Waals surface area contributed by atoms with Gasteiger partial charge in [0.05, 0.1) is 49.0 Å². The van der Waals surface area contributed by atoms with Gasteiger partial charge in [-0.2, -0.15) is 0 Å². The van der Waals surface area contributed by atoms with E-state index in [0.717, 1.165) is 42.8 Å². The summed E-state index contributed by atoms with van der Waals surface area (Å²) in [6.45, 7) is 7.37. The van der Waals surface area contributed by atoms with E-state index in [-0.39, 0.29) is 41.4 Å². The molecule has 3 aliphatic heterocycles. The van der Waals surface area contributed by atoms with Crippen LogP contribution in [0.5, 0.6) is 5.75 Å². The van der Waals surface area contributed by atoms with Crippen molar-refractivity contribution in [2.24, 2.45) is 17.8 Å². The Morgan fingerprint density at radius 1 is 1.08 bits per heavy atom. The highest BCUT2D eigenvalue weighted by Gasteiger charge is 2.50. The summed E-state index contributed by atoms with van der Waals surface area (Å²) in [5.74, 6) is -0.0109. The summed E-state index contributed by atoms with van der Waals surface area (Å²) in [6.07, 6.45) is 6.51. The standard InChI is InChI=1S/C38H52ClN3O7S/c1-25-5-3-14-38(45,23-41-15-16-48-21-31(41)20-43)33-10-7-29(33)19-42-22-37(13-4-6-27-17-30(39)9-11-32(27)37)24-49-35-12-8-28(18-34(35)42)36(44)40-50(46,47)26(25)2/h8-9,11-12,17-18,25-26,29,31,33,43,45H,3-7,10,13-16,19-24H2,1-2H3,(H,40,44)/t25-,26+,29-,31+,33+,37-,38-/m0/s1. The number of rotatable bonds is 3. The quantitative estimate of drug-likeness (QED) is 0.418. The van der Waals surface area contributed by atoms with E-state index in [1.807, 2.05) is 13.0 Å². The summed E-state index contributed by atoms with van der Waals surface area (Å²) in [5.41, 5.74) is 2.17. The minimum absolute atomic E-state index is 0.0153. The maximum atomic E-state index is 13.6. The highest BCUT2D eigenvalue weighted by atomic mass is 35.5. The van der Waals surface area contributed by atoms with Crippen molar-refractivity contribution in [3.05, 3.63) is 58.1 Å². The molecule has 2 bridgehead atoms. The minimum atomic E-state index is -3.97. The van der Waals surface area contributed by atoms with Crippen LogP contribution in [-0.2, 0) is 26.6 Å². The highest BCUT2D eigenvalue weighted by Crippen LogP contribution is 2.49. The van der Waals surface area contributed by atoms with Gasteiger partial charge in [-0.15, -0.1) is 0 Å². The molecule has 2 aliphatic carbocycles. The Morgan fingerprint density at radius 2 is 1.92 bits per heavy atom. The molecule has 7 rings (SSSR count). The number of carbonyl (C=O) groups is 1. The molecule has 1 amide bonds. The number of carbonyl (C=O) groups excluding carboxylic acids is 1. The maximum absolute atomic E-state index is 13.6. The Labute approximate surface area is 301 Å². The van der Waals surface area contributed by atoms with Crippen LogP contribution in [0.2, 0.25) is 5.02 Å². The summed E-state index contributed by atoms with van der Waals surface area (Å²) in [4.78, 5) is 18.1. The third kappa shape index (κ3) is 6.90. The maximum Gasteiger partial charge on any atom is 0.264 e. The Hall–Kier alpha value is -2.41. The number of morpholine rings is 1. The average molecular weight is 730 g/mol. The number of β-amino-alcohol motifs (C(OH)–C–C–N with tert-alkyl or cyclic N) is 1. The van der Waals surface area contributed by atoms with Crippen LogP contribution in [0.3, 0.4) is 0 Å². The number of aliphatic hydroxyl groups excluding tert-OH is 1. The summed E-state index contributed by atoms with van der Waals surface area (Å²) in [6, 6.07) is 11.2. The number of hydrogen-bond donors (Lipinski definition) is 3. The van der Waals surface area contributed by atoms with Gasteiger partial charge in [0.15, 0.2) is 0 Å². The second-order valence-electron chi connectivity index (χ2n) is 15.8. The monoisotopic (exact) mass is 729 g/mol. The molecular weight excluding hydrogens is 678 g/mol. The number of anilines is 1. The molecule has 12 heteroatoms. The molecule has 3 N–H and O–H groups in total. The zero-order valence-electron chi connectivity index (χ0n) is 29.3. The Balaban J connectivity index is 1.29. The van der Waals surface area contributed by atoms with Gasteiger partial charge in [0.25, 0.3) is 5.91 Å². The first-order valence-electron chi connectivity index (χ1n) is 18.4. The lowest BCUT2D eigenvalue weighted by Gasteiger charge is -2.52. The van der Waals surface area contributed by atoms with Gasteiger partial charge in [0.2, 0.25) is 10.0 Å². The van der Waals surface area contributed by atoms with Crippen molar-refractivity contribution in [1.82, 2.24) is 9.62 Å². The number of hydrogen-bond acceptors (Lipinski definition) is 9. The van der Waals surface area contributed by atoms with Crippen molar-refractivity contribution in [3.63, 3.8) is 0 Å². The first kappa shape index (κ1) is 36.0. The van der Waals surface area contributed by atoms with Gasteiger partial charge in [-0.25, -0.2) is 13.1 Å². The van der Waals surface area contributed by atoms with E-state index in [1.165, 1.54) is 11.1 Å². The number of benzene rings is 2. The van der Waals surface area contributed by atoms with E-state index < -0.39 is 26.8 Å². The smallest absolute Gasteiger partial charge is 0.264 e. The zero-order valence-corrected chi connectivity index (χ0v) is 30.9. The topological polar surface area (TPSA) is 129 Å². The van der Waals surface area contributed by atoms with E-state index in [4.69, 9.17) is 21.1 Å². The van der Waals surface area contributed by atoms with Crippen molar-refractivity contribution in [2.45, 2.75) is 87.5 Å². The van der Waals surface area contributed by atoms with Gasteiger partial charge in [-0.1, -0.05) is 31.0 Å². The van der Waals surface area contributed by atoms with Gasteiger partial charge in [-0.3, -0.25) is 9.69 Å². The molecule has 0 radical (unpaired) electrons. The summed E-state index contributed by atoms with van der Waals surface area (Å²) < 4.78 is 41.7. The van der Waals surface area contributed by atoms with Crippen molar-refractivity contribution in [1.29, 1.82) is 0 Å². The number of sulfonamides is 1. The third-order valence-electron chi connectivity index (χ3n) is 12.7. The fraction of sp³-hybridized carbons (Fsp3) is 0.658. The molecule has 274 valence electrons.